The van der Waals surface area contributed by atoms with Gasteiger partial charge in [-0.3, -0.25) is 4.79 Å². The molecule has 2 N–H and O–H groups in total. The number of ether oxygens (including phenoxy) is 1. The van der Waals surface area contributed by atoms with Gasteiger partial charge in [-0.2, -0.15) is 0 Å². The third-order valence-electron chi connectivity index (χ3n) is 3.82. The Bertz CT molecular complexity index is 950. The van der Waals surface area contributed by atoms with Crippen molar-refractivity contribution < 1.29 is 13.9 Å². The predicted molar refractivity (Wildman–Crippen MR) is 95.3 cm³/mol. The number of rotatable bonds is 3. The summed E-state index contributed by atoms with van der Waals surface area (Å²) in [7, 11) is 1.66. The molecule has 1 amide bonds. The van der Waals surface area contributed by atoms with Crippen molar-refractivity contribution in [3.05, 3.63) is 44.8 Å². The number of pyridine rings is 1. The minimum absolute atomic E-state index is 0.134. The van der Waals surface area contributed by atoms with Crippen molar-refractivity contribution in [2.24, 2.45) is 0 Å². The zero-order valence-electron chi connectivity index (χ0n) is 13.0. The van der Waals surface area contributed by atoms with Crippen molar-refractivity contribution in [3.63, 3.8) is 0 Å². The number of aromatic nitrogens is 1. The van der Waals surface area contributed by atoms with Crippen molar-refractivity contribution in [1.29, 1.82) is 0 Å². The molecule has 1 unspecified atom stereocenters. The van der Waals surface area contributed by atoms with Gasteiger partial charge >= 0.3 is 0 Å². The standard InChI is InChI=1S/C16H14BrN3O3S/c1-7-5-8(6-22-2)11-12-13(24-16(11)18-7)15(21)20-14(19-12)9-3-4-10(17)23-9/h3-5,14,19H,6H2,1-2H3,(H,20,21). The Morgan fingerprint density at radius 1 is 1.42 bits per heavy atom. The van der Waals surface area contributed by atoms with Crippen molar-refractivity contribution in [2.45, 2.75) is 19.7 Å². The molecule has 0 radical (unpaired) electrons. The number of carbonyl (C=O) groups is 1. The molecule has 0 fully saturated rings. The van der Waals surface area contributed by atoms with E-state index < -0.39 is 6.17 Å². The highest BCUT2D eigenvalue weighted by molar-refractivity contribution is 9.10. The number of anilines is 1. The highest BCUT2D eigenvalue weighted by atomic mass is 79.9. The predicted octanol–water partition coefficient (Wildman–Crippen LogP) is 3.96. The fourth-order valence-electron chi connectivity index (χ4n) is 2.88. The number of carbonyl (C=O) groups excluding carboxylic acids is 1. The summed E-state index contributed by atoms with van der Waals surface area (Å²) < 4.78 is 11.5. The Kier molecular flexibility index (Phi) is 3.82. The second-order valence-corrected chi connectivity index (χ2v) is 7.32. The maximum Gasteiger partial charge on any atom is 0.265 e. The number of nitrogens with zero attached hydrogens (tertiary/aromatic N) is 1. The largest absolute Gasteiger partial charge is 0.450 e. The second-order valence-electron chi connectivity index (χ2n) is 5.53. The molecule has 8 heteroatoms. The van der Waals surface area contributed by atoms with Gasteiger partial charge in [0.2, 0.25) is 0 Å². The number of halogens is 1. The van der Waals surface area contributed by atoms with Gasteiger partial charge in [-0.15, -0.1) is 11.3 Å². The van der Waals surface area contributed by atoms with Crippen LogP contribution in [0.15, 0.2) is 27.3 Å². The van der Waals surface area contributed by atoms with E-state index in [4.69, 9.17) is 9.15 Å². The smallest absolute Gasteiger partial charge is 0.265 e. The van der Waals surface area contributed by atoms with Crippen LogP contribution < -0.4 is 10.6 Å². The number of thiophene rings is 1. The molecule has 0 spiro atoms. The van der Waals surface area contributed by atoms with Crippen LogP contribution in [-0.4, -0.2) is 18.0 Å². The number of hydrogen-bond acceptors (Lipinski definition) is 6. The van der Waals surface area contributed by atoms with E-state index in [0.29, 0.717) is 21.9 Å². The van der Waals surface area contributed by atoms with E-state index in [1.165, 1.54) is 11.3 Å². The van der Waals surface area contributed by atoms with Crippen LogP contribution in [-0.2, 0) is 11.3 Å². The Morgan fingerprint density at radius 2 is 2.25 bits per heavy atom. The molecule has 6 nitrogen and oxygen atoms in total. The van der Waals surface area contributed by atoms with Crippen LogP contribution in [0.1, 0.15) is 32.9 Å². The molecule has 1 aliphatic rings. The highest BCUT2D eigenvalue weighted by Crippen LogP contribution is 2.41. The van der Waals surface area contributed by atoms with E-state index in [1.54, 1.807) is 13.2 Å². The number of amides is 1. The lowest BCUT2D eigenvalue weighted by molar-refractivity contribution is 0.0935. The van der Waals surface area contributed by atoms with Gasteiger partial charge in [-0.05, 0) is 46.6 Å². The Labute approximate surface area is 150 Å². The van der Waals surface area contributed by atoms with Gasteiger partial charge in [0.25, 0.3) is 5.91 Å². The SMILES string of the molecule is COCc1cc(C)nc2sc3c(c12)NC(c1ccc(Br)o1)NC3=O. The lowest BCUT2D eigenvalue weighted by Gasteiger charge is -2.24. The zero-order valence-corrected chi connectivity index (χ0v) is 15.4. The van der Waals surface area contributed by atoms with Crippen LogP contribution >= 0.6 is 27.3 Å². The molecule has 3 aromatic rings. The summed E-state index contributed by atoms with van der Waals surface area (Å²) in [6.07, 6.45) is -0.425. The van der Waals surface area contributed by atoms with Crippen LogP contribution in [0.3, 0.4) is 0 Å². The monoisotopic (exact) mass is 407 g/mol. The first-order valence-corrected chi connectivity index (χ1v) is 8.92. The second kappa shape index (κ2) is 5.87. The average molecular weight is 408 g/mol. The Balaban J connectivity index is 1.86. The third-order valence-corrected chi connectivity index (χ3v) is 5.33. The molecule has 4 rings (SSSR count). The van der Waals surface area contributed by atoms with Gasteiger partial charge in [-0.25, -0.2) is 4.98 Å². The van der Waals surface area contributed by atoms with E-state index >= 15 is 0 Å². The molecule has 0 saturated carbocycles. The molecule has 24 heavy (non-hydrogen) atoms. The first-order valence-electron chi connectivity index (χ1n) is 7.31. The topological polar surface area (TPSA) is 76.4 Å². The number of furan rings is 1. The number of fused-ring (bicyclic) bond motifs is 3. The maximum absolute atomic E-state index is 12.5. The quantitative estimate of drug-likeness (QED) is 0.686. The van der Waals surface area contributed by atoms with E-state index in [1.807, 2.05) is 19.1 Å². The molecule has 1 atom stereocenters. The number of nitrogens with one attached hydrogen (secondary N) is 2. The lowest BCUT2D eigenvalue weighted by atomic mass is 10.1. The number of aryl methyl sites for hydroxylation is 1. The summed E-state index contributed by atoms with van der Waals surface area (Å²) in [5.41, 5.74) is 2.70. The zero-order chi connectivity index (χ0) is 16.8. The van der Waals surface area contributed by atoms with Crippen LogP contribution in [0.5, 0.6) is 0 Å². The van der Waals surface area contributed by atoms with E-state index in [0.717, 1.165) is 27.2 Å². The van der Waals surface area contributed by atoms with E-state index in [9.17, 15) is 4.79 Å². The van der Waals surface area contributed by atoms with Crippen molar-refractivity contribution in [2.75, 3.05) is 12.4 Å². The van der Waals surface area contributed by atoms with Crippen LogP contribution in [0.2, 0.25) is 0 Å². The Morgan fingerprint density at radius 3 is 2.96 bits per heavy atom. The molecular formula is C16H14BrN3O3S. The minimum atomic E-state index is -0.425. The van der Waals surface area contributed by atoms with Gasteiger partial charge in [0.15, 0.2) is 10.8 Å². The Hall–Kier alpha value is -1.90. The van der Waals surface area contributed by atoms with Crippen LogP contribution in [0.25, 0.3) is 10.2 Å². The molecule has 0 saturated heterocycles. The van der Waals surface area contributed by atoms with Crippen LogP contribution in [0.4, 0.5) is 5.69 Å². The fourth-order valence-corrected chi connectivity index (χ4v) is 4.33. The van der Waals surface area contributed by atoms with Gasteiger partial charge in [-0.1, -0.05) is 0 Å². The summed E-state index contributed by atoms with van der Waals surface area (Å²) in [6.45, 7) is 2.40. The average Bonchev–Trinajstić information content (AvgIpc) is 3.11. The van der Waals surface area contributed by atoms with Gasteiger partial charge in [0, 0.05) is 18.2 Å². The summed E-state index contributed by atoms with van der Waals surface area (Å²) in [5.74, 6) is 0.499. The third kappa shape index (κ3) is 2.51. The van der Waals surface area contributed by atoms with Gasteiger partial charge in [0.05, 0.1) is 12.3 Å². The minimum Gasteiger partial charge on any atom is -0.450 e. The molecular weight excluding hydrogens is 394 g/mol. The first kappa shape index (κ1) is 15.6. The van der Waals surface area contributed by atoms with E-state index in [-0.39, 0.29) is 5.91 Å². The summed E-state index contributed by atoms with van der Waals surface area (Å²) in [4.78, 5) is 18.6. The molecule has 124 valence electrons. The first-order chi connectivity index (χ1) is 11.6. The molecule has 1 aliphatic heterocycles. The lowest BCUT2D eigenvalue weighted by Crippen LogP contribution is -2.37. The highest BCUT2D eigenvalue weighted by Gasteiger charge is 2.31. The fraction of sp³-hybridized carbons (Fsp3) is 0.250. The molecule has 0 aromatic carbocycles. The van der Waals surface area contributed by atoms with Crippen molar-refractivity contribution >= 4 is 49.1 Å². The molecule has 0 aliphatic carbocycles. The van der Waals surface area contributed by atoms with Crippen LogP contribution in [0, 0.1) is 6.92 Å². The summed E-state index contributed by atoms with van der Waals surface area (Å²) >= 11 is 4.67. The van der Waals surface area contributed by atoms with Crippen molar-refractivity contribution in [3.8, 4) is 0 Å². The molecule has 3 aromatic heterocycles. The summed E-state index contributed by atoms with van der Waals surface area (Å²) in [5, 5.41) is 7.22. The van der Waals surface area contributed by atoms with E-state index in [2.05, 4.69) is 31.5 Å². The normalized spacial score (nSPS) is 16.8. The van der Waals surface area contributed by atoms with Gasteiger partial charge < -0.3 is 19.8 Å². The number of methoxy groups -OCH3 is 1. The van der Waals surface area contributed by atoms with Gasteiger partial charge in [0.1, 0.15) is 15.5 Å². The molecule has 0 bridgehead atoms. The maximum atomic E-state index is 12.5. The number of hydrogen-bond donors (Lipinski definition) is 2. The molecule has 4 heterocycles. The summed E-state index contributed by atoms with van der Waals surface area (Å²) in [6, 6.07) is 5.61. The van der Waals surface area contributed by atoms with Crippen molar-refractivity contribution in [1.82, 2.24) is 10.3 Å².